The van der Waals surface area contributed by atoms with E-state index in [2.05, 4.69) is 13.9 Å². The minimum absolute atomic E-state index is 0.0179. The van der Waals surface area contributed by atoms with Crippen LogP contribution < -0.4 is 4.72 Å². The Kier molecular flexibility index (Phi) is 5.48. The van der Waals surface area contributed by atoms with E-state index in [0.717, 1.165) is 12.1 Å². The van der Waals surface area contributed by atoms with Gasteiger partial charge in [0.25, 0.3) is 10.0 Å². The number of hydrogen-bond acceptors (Lipinski definition) is 6. The molecule has 0 fully saturated rings. The molecule has 3 N–H and O–H groups in total. The summed E-state index contributed by atoms with van der Waals surface area (Å²) in [7, 11) is -2.50. The zero-order valence-electron chi connectivity index (χ0n) is 10.2. The smallest absolute Gasteiger partial charge is 0.371 e. The van der Waals surface area contributed by atoms with Crippen LogP contribution in [0.5, 0.6) is 0 Å². The van der Waals surface area contributed by atoms with Gasteiger partial charge in [-0.15, -0.1) is 0 Å². The second-order valence-corrected chi connectivity index (χ2v) is 5.42. The average Bonchev–Trinajstić information content (AvgIpc) is 2.79. The highest BCUT2D eigenvalue weighted by Crippen LogP contribution is 2.13. The quantitative estimate of drug-likeness (QED) is 0.598. The molecule has 9 heteroatoms. The summed E-state index contributed by atoms with van der Waals surface area (Å²) in [5.41, 5.74) is 0. The summed E-state index contributed by atoms with van der Waals surface area (Å²) < 4.78 is 34.9. The number of nitrogens with one attached hydrogen (secondary N) is 1. The van der Waals surface area contributed by atoms with Gasteiger partial charge in [0, 0.05) is 13.7 Å². The van der Waals surface area contributed by atoms with Crippen molar-refractivity contribution in [3.8, 4) is 0 Å². The van der Waals surface area contributed by atoms with E-state index in [4.69, 9.17) is 5.11 Å². The van der Waals surface area contributed by atoms with Crippen molar-refractivity contribution < 1.29 is 32.6 Å². The third kappa shape index (κ3) is 4.63. The van der Waals surface area contributed by atoms with Crippen LogP contribution in [0.3, 0.4) is 0 Å². The second-order valence-electron chi connectivity index (χ2n) is 3.72. The van der Waals surface area contributed by atoms with Gasteiger partial charge in [0.2, 0.25) is 10.9 Å². The molecule has 1 heterocycles. The minimum Gasteiger partial charge on any atom is -0.475 e. The van der Waals surface area contributed by atoms with Crippen LogP contribution >= 0.6 is 0 Å². The molecule has 8 nitrogen and oxygen atoms in total. The third-order valence-electron chi connectivity index (χ3n) is 2.19. The molecule has 1 unspecified atom stereocenters. The number of carboxylic acids is 1. The lowest BCUT2D eigenvalue weighted by Gasteiger charge is -2.09. The van der Waals surface area contributed by atoms with E-state index in [-0.39, 0.29) is 19.6 Å². The molecule has 0 aromatic carbocycles. The van der Waals surface area contributed by atoms with Crippen molar-refractivity contribution in [3.05, 3.63) is 17.9 Å². The molecule has 0 amide bonds. The van der Waals surface area contributed by atoms with Crippen LogP contribution in [-0.4, -0.2) is 51.0 Å². The van der Waals surface area contributed by atoms with E-state index in [0.29, 0.717) is 0 Å². The van der Waals surface area contributed by atoms with Crippen molar-refractivity contribution in [3.63, 3.8) is 0 Å². The summed E-state index contributed by atoms with van der Waals surface area (Å²) in [5, 5.41) is 17.5. The van der Waals surface area contributed by atoms with Crippen LogP contribution in [-0.2, 0) is 14.8 Å². The van der Waals surface area contributed by atoms with Gasteiger partial charge in [-0.05, 0) is 18.6 Å². The monoisotopic (exact) mass is 293 g/mol. The first-order valence-corrected chi connectivity index (χ1v) is 6.85. The number of carboxylic acid groups (broad SMARTS) is 1. The molecule has 0 aliphatic rings. The number of sulfonamides is 1. The number of furan rings is 1. The van der Waals surface area contributed by atoms with Crippen molar-refractivity contribution >= 4 is 16.0 Å². The summed E-state index contributed by atoms with van der Waals surface area (Å²) in [6.07, 6.45) is -0.613. The largest absolute Gasteiger partial charge is 0.475 e. The zero-order chi connectivity index (χ0) is 14.5. The molecule has 0 saturated carbocycles. The molecule has 0 aliphatic heterocycles. The van der Waals surface area contributed by atoms with Crippen LogP contribution in [0.4, 0.5) is 0 Å². The number of methoxy groups -OCH3 is 1. The van der Waals surface area contributed by atoms with Gasteiger partial charge in [-0.1, -0.05) is 0 Å². The van der Waals surface area contributed by atoms with Gasteiger partial charge in [0.1, 0.15) is 0 Å². The van der Waals surface area contributed by atoms with E-state index in [1.54, 1.807) is 0 Å². The Balaban J connectivity index is 2.58. The van der Waals surface area contributed by atoms with E-state index < -0.39 is 32.9 Å². The fraction of sp³-hybridized carbons (Fsp3) is 0.500. The zero-order valence-corrected chi connectivity index (χ0v) is 11.0. The van der Waals surface area contributed by atoms with Crippen LogP contribution in [0.1, 0.15) is 17.0 Å². The number of aromatic carboxylic acids is 1. The Morgan fingerprint density at radius 1 is 1.53 bits per heavy atom. The maximum atomic E-state index is 11.7. The van der Waals surface area contributed by atoms with Crippen LogP contribution in [0.2, 0.25) is 0 Å². The molecule has 1 aromatic heterocycles. The molecule has 1 atom stereocenters. The van der Waals surface area contributed by atoms with Crippen LogP contribution in [0.25, 0.3) is 0 Å². The molecule has 0 saturated heterocycles. The first kappa shape index (κ1) is 15.6. The molecular weight excluding hydrogens is 278 g/mol. The van der Waals surface area contributed by atoms with E-state index >= 15 is 0 Å². The molecule has 1 aromatic rings. The Hall–Kier alpha value is -1.42. The Labute approximate surface area is 110 Å². The average molecular weight is 293 g/mol. The number of aliphatic hydroxyl groups is 1. The molecule has 0 spiro atoms. The first-order chi connectivity index (χ1) is 8.86. The lowest BCUT2D eigenvalue weighted by atomic mass is 10.3. The Morgan fingerprint density at radius 2 is 2.21 bits per heavy atom. The number of carbonyl (C=O) groups is 1. The van der Waals surface area contributed by atoms with Crippen molar-refractivity contribution in [2.75, 3.05) is 20.3 Å². The van der Waals surface area contributed by atoms with Crippen LogP contribution in [0, 0.1) is 0 Å². The van der Waals surface area contributed by atoms with Gasteiger partial charge in [-0.25, -0.2) is 17.9 Å². The lowest BCUT2D eigenvalue weighted by molar-refractivity contribution is 0.0603. The highest BCUT2D eigenvalue weighted by atomic mass is 32.2. The third-order valence-corrected chi connectivity index (χ3v) is 3.52. The van der Waals surface area contributed by atoms with Crippen molar-refractivity contribution in [1.82, 2.24) is 4.72 Å². The molecule has 0 radical (unpaired) electrons. The summed E-state index contributed by atoms with van der Waals surface area (Å²) in [4.78, 5) is 10.6. The molecular formula is C10H15NO7S. The van der Waals surface area contributed by atoms with E-state index in [1.165, 1.54) is 7.11 Å². The number of rotatable bonds is 8. The predicted molar refractivity (Wildman–Crippen MR) is 63.4 cm³/mol. The van der Waals surface area contributed by atoms with Crippen LogP contribution in [0.15, 0.2) is 21.6 Å². The van der Waals surface area contributed by atoms with E-state index in [9.17, 15) is 18.3 Å². The molecule has 0 bridgehead atoms. The number of hydrogen-bond donors (Lipinski definition) is 3. The summed E-state index contributed by atoms with van der Waals surface area (Å²) >= 11 is 0. The highest BCUT2D eigenvalue weighted by molar-refractivity contribution is 7.89. The van der Waals surface area contributed by atoms with E-state index in [1.807, 2.05) is 0 Å². The van der Waals surface area contributed by atoms with Gasteiger partial charge in [-0.3, -0.25) is 0 Å². The van der Waals surface area contributed by atoms with Gasteiger partial charge < -0.3 is 19.4 Å². The molecule has 19 heavy (non-hydrogen) atoms. The first-order valence-electron chi connectivity index (χ1n) is 5.36. The Bertz CT molecular complexity index is 522. The SMILES string of the molecule is COCC(O)CCNS(=O)(=O)c1ccc(C(=O)O)o1. The summed E-state index contributed by atoms with van der Waals surface area (Å²) in [6, 6.07) is 2.11. The summed E-state index contributed by atoms with van der Waals surface area (Å²) in [6.45, 7) is 0.0849. The maximum Gasteiger partial charge on any atom is 0.371 e. The highest BCUT2D eigenvalue weighted by Gasteiger charge is 2.20. The van der Waals surface area contributed by atoms with Gasteiger partial charge >= 0.3 is 5.97 Å². The van der Waals surface area contributed by atoms with Crippen molar-refractivity contribution in [2.24, 2.45) is 0 Å². The van der Waals surface area contributed by atoms with Crippen molar-refractivity contribution in [1.29, 1.82) is 0 Å². The van der Waals surface area contributed by atoms with Gasteiger partial charge in [-0.2, -0.15) is 0 Å². The lowest BCUT2D eigenvalue weighted by Crippen LogP contribution is -2.28. The fourth-order valence-electron chi connectivity index (χ4n) is 1.29. The minimum atomic E-state index is -3.92. The maximum absolute atomic E-state index is 11.7. The fourth-order valence-corrected chi connectivity index (χ4v) is 2.26. The Morgan fingerprint density at radius 3 is 2.74 bits per heavy atom. The topological polar surface area (TPSA) is 126 Å². The predicted octanol–water partition coefficient (Wildman–Crippen LogP) is -0.347. The molecule has 0 aliphatic carbocycles. The van der Waals surface area contributed by atoms with Gasteiger partial charge in [0.15, 0.2) is 0 Å². The van der Waals surface area contributed by atoms with Gasteiger partial charge in [0.05, 0.1) is 12.7 Å². The molecule has 1 rings (SSSR count). The summed E-state index contributed by atoms with van der Waals surface area (Å²) in [5.74, 6) is -1.81. The number of ether oxygens (including phenoxy) is 1. The normalized spacial score (nSPS) is 13.4. The molecule has 108 valence electrons. The van der Waals surface area contributed by atoms with Crippen molar-refractivity contribution in [2.45, 2.75) is 17.6 Å². The number of aliphatic hydroxyl groups excluding tert-OH is 1. The standard InChI is InChI=1S/C10H15NO7S/c1-17-6-7(12)4-5-11-19(15,16)9-3-2-8(18-9)10(13)14/h2-3,7,11-12H,4-6H2,1H3,(H,13,14). The second kappa shape index (κ2) is 6.66.